The van der Waals surface area contributed by atoms with Gasteiger partial charge >= 0.3 is 5.97 Å². The Morgan fingerprint density at radius 1 is 1.22 bits per heavy atom. The van der Waals surface area contributed by atoms with E-state index in [0.29, 0.717) is 4.88 Å². The number of carboxylic acid groups (broad SMARTS) is 1. The van der Waals surface area contributed by atoms with Gasteiger partial charge in [0.15, 0.2) is 0 Å². The molecule has 3 nitrogen and oxygen atoms in total. The summed E-state index contributed by atoms with van der Waals surface area (Å²) < 4.78 is 0. The lowest BCUT2D eigenvalue weighted by molar-refractivity contribution is 0.0702. The molecule has 1 saturated heterocycles. The Bertz CT molecular complexity index is 443. The summed E-state index contributed by atoms with van der Waals surface area (Å²) in [4.78, 5) is 13.8. The van der Waals surface area contributed by atoms with Crippen LogP contribution in [0.4, 0.5) is 5.00 Å². The van der Waals surface area contributed by atoms with Gasteiger partial charge in [-0.25, -0.2) is 4.79 Å². The van der Waals surface area contributed by atoms with Crippen molar-refractivity contribution in [2.75, 3.05) is 18.0 Å². The quantitative estimate of drug-likeness (QED) is 0.890. The molecule has 18 heavy (non-hydrogen) atoms. The van der Waals surface area contributed by atoms with E-state index in [9.17, 15) is 4.79 Å². The van der Waals surface area contributed by atoms with Crippen molar-refractivity contribution in [3.63, 3.8) is 0 Å². The Kier molecular flexibility index (Phi) is 3.29. The highest BCUT2D eigenvalue weighted by Crippen LogP contribution is 2.38. The zero-order valence-corrected chi connectivity index (χ0v) is 11.3. The molecule has 0 amide bonds. The molecular formula is C14H19NO2S. The smallest absolute Gasteiger partial charge is 0.345 e. The minimum Gasteiger partial charge on any atom is -0.477 e. The van der Waals surface area contributed by atoms with E-state index in [1.807, 2.05) is 6.07 Å². The van der Waals surface area contributed by atoms with E-state index in [1.54, 1.807) is 6.07 Å². The topological polar surface area (TPSA) is 40.5 Å². The van der Waals surface area contributed by atoms with Crippen LogP contribution in [0.2, 0.25) is 0 Å². The van der Waals surface area contributed by atoms with Crippen molar-refractivity contribution >= 4 is 22.3 Å². The molecular weight excluding hydrogens is 246 g/mol. The first kappa shape index (κ1) is 12.0. The van der Waals surface area contributed by atoms with Crippen molar-refractivity contribution < 1.29 is 9.90 Å². The predicted molar refractivity (Wildman–Crippen MR) is 73.6 cm³/mol. The average Bonchev–Trinajstić information content (AvgIpc) is 2.88. The predicted octanol–water partition coefficient (Wildman–Crippen LogP) is 3.46. The molecule has 2 unspecified atom stereocenters. The largest absolute Gasteiger partial charge is 0.477 e. The van der Waals surface area contributed by atoms with Gasteiger partial charge < -0.3 is 10.0 Å². The molecule has 1 aliphatic heterocycles. The zero-order chi connectivity index (χ0) is 12.5. The molecule has 98 valence electrons. The maximum atomic E-state index is 10.9. The molecule has 1 aromatic rings. The number of fused-ring (bicyclic) bond motifs is 1. The van der Waals surface area contributed by atoms with E-state index in [4.69, 9.17) is 5.11 Å². The second-order valence-electron chi connectivity index (χ2n) is 5.48. The van der Waals surface area contributed by atoms with Crippen LogP contribution in [0.15, 0.2) is 12.1 Å². The Labute approximate surface area is 111 Å². The Morgan fingerprint density at radius 2 is 2.00 bits per heavy atom. The summed E-state index contributed by atoms with van der Waals surface area (Å²) in [6.45, 7) is 2.23. The molecule has 2 fully saturated rings. The number of rotatable bonds is 2. The van der Waals surface area contributed by atoms with Crippen molar-refractivity contribution in [2.24, 2.45) is 11.8 Å². The number of thiophene rings is 1. The maximum absolute atomic E-state index is 10.9. The van der Waals surface area contributed by atoms with Gasteiger partial charge in [-0.15, -0.1) is 11.3 Å². The number of carbonyl (C=O) groups is 1. The summed E-state index contributed by atoms with van der Waals surface area (Å²) in [6, 6.07) is 3.70. The number of carboxylic acids is 1. The molecule has 3 rings (SSSR count). The third kappa shape index (κ3) is 2.26. The lowest BCUT2D eigenvalue weighted by Gasteiger charge is -2.41. The molecule has 2 heterocycles. The summed E-state index contributed by atoms with van der Waals surface area (Å²) in [5.41, 5.74) is 0. The Hall–Kier alpha value is -1.03. The van der Waals surface area contributed by atoms with Crippen LogP contribution < -0.4 is 4.90 Å². The lowest BCUT2D eigenvalue weighted by atomic mass is 9.75. The number of hydrogen-bond acceptors (Lipinski definition) is 3. The van der Waals surface area contributed by atoms with Crippen LogP contribution in [0.3, 0.4) is 0 Å². The van der Waals surface area contributed by atoms with Crippen LogP contribution in [0.25, 0.3) is 0 Å². The molecule has 0 bridgehead atoms. The average molecular weight is 265 g/mol. The van der Waals surface area contributed by atoms with Gasteiger partial charge in [-0.1, -0.05) is 19.3 Å². The summed E-state index contributed by atoms with van der Waals surface area (Å²) in [5, 5.41) is 10.1. The highest BCUT2D eigenvalue weighted by atomic mass is 32.1. The van der Waals surface area contributed by atoms with Crippen molar-refractivity contribution in [1.82, 2.24) is 0 Å². The highest BCUT2D eigenvalue weighted by molar-refractivity contribution is 7.17. The van der Waals surface area contributed by atoms with Crippen molar-refractivity contribution in [1.29, 1.82) is 0 Å². The van der Waals surface area contributed by atoms with Crippen molar-refractivity contribution in [3.05, 3.63) is 17.0 Å². The maximum Gasteiger partial charge on any atom is 0.345 e. The van der Waals surface area contributed by atoms with E-state index in [0.717, 1.165) is 29.9 Å². The first-order chi connectivity index (χ1) is 8.74. The molecule has 1 aromatic heterocycles. The summed E-state index contributed by atoms with van der Waals surface area (Å²) in [7, 11) is 0. The fourth-order valence-electron chi connectivity index (χ4n) is 3.41. The van der Waals surface area contributed by atoms with E-state index in [2.05, 4.69) is 4.90 Å². The zero-order valence-electron chi connectivity index (χ0n) is 10.5. The van der Waals surface area contributed by atoms with Crippen LogP contribution in [0.1, 0.15) is 41.8 Å². The van der Waals surface area contributed by atoms with Crippen LogP contribution in [0.5, 0.6) is 0 Å². The molecule has 0 spiro atoms. The van der Waals surface area contributed by atoms with Gasteiger partial charge in [-0.05, 0) is 36.8 Å². The van der Waals surface area contributed by atoms with Crippen LogP contribution >= 0.6 is 11.3 Å². The molecule has 2 aliphatic rings. The third-order valence-corrected chi connectivity index (χ3v) is 5.54. The lowest BCUT2D eigenvalue weighted by Crippen LogP contribution is -2.41. The van der Waals surface area contributed by atoms with Gasteiger partial charge in [0, 0.05) is 13.1 Å². The molecule has 0 aromatic carbocycles. The Morgan fingerprint density at radius 3 is 2.72 bits per heavy atom. The second-order valence-corrected chi connectivity index (χ2v) is 6.54. The van der Waals surface area contributed by atoms with Gasteiger partial charge in [-0.3, -0.25) is 0 Å². The first-order valence-electron chi connectivity index (χ1n) is 6.82. The fourth-order valence-corrected chi connectivity index (χ4v) is 4.29. The third-order valence-electron chi connectivity index (χ3n) is 4.41. The van der Waals surface area contributed by atoms with Crippen molar-refractivity contribution in [3.8, 4) is 0 Å². The summed E-state index contributed by atoms with van der Waals surface area (Å²) >= 11 is 1.41. The highest BCUT2D eigenvalue weighted by Gasteiger charge is 2.31. The monoisotopic (exact) mass is 265 g/mol. The van der Waals surface area contributed by atoms with Crippen LogP contribution in [0, 0.1) is 11.8 Å². The minimum atomic E-state index is -0.807. The number of hydrogen-bond donors (Lipinski definition) is 1. The molecule has 2 atom stereocenters. The van der Waals surface area contributed by atoms with Gasteiger partial charge in [0.25, 0.3) is 0 Å². The van der Waals surface area contributed by atoms with Gasteiger partial charge in [-0.2, -0.15) is 0 Å². The molecule has 4 heteroatoms. The second kappa shape index (κ2) is 4.92. The first-order valence-corrected chi connectivity index (χ1v) is 7.64. The van der Waals surface area contributed by atoms with E-state index in [1.165, 1.54) is 43.4 Å². The summed E-state index contributed by atoms with van der Waals surface area (Å²) in [5.74, 6) is 0.954. The Balaban J connectivity index is 1.71. The van der Waals surface area contributed by atoms with E-state index >= 15 is 0 Å². The minimum absolute atomic E-state index is 0.454. The van der Waals surface area contributed by atoms with Crippen LogP contribution in [-0.2, 0) is 0 Å². The van der Waals surface area contributed by atoms with Crippen LogP contribution in [-0.4, -0.2) is 24.2 Å². The number of anilines is 1. The SMILES string of the molecule is O=C(O)c1ccc(N2CCC3CCCCC3C2)s1. The summed E-state index contributed by atoms with van der Waals surface area (Å²) in [6.07, 6.45) is 6.83. The number of nitrogens with zero attached hydrogens (tertiary/aromatic N) is 1. The van der Waals surface area contributed by atoms with Gasteiger partial charge in [0.05, 0.1) is 5.00 Å². The standard InChI is InChI=1S/C14H19NO2S/c16-14(17)12-5-6-13(18-12)15-8-7-10-3-1-2-4-11(10)9-15/h5-6,10-11H,1-4,7-9H2,(H,16,17). The molecule has 1 saturated carbocycles. The van der Waals surface area contributed by atoms with Gasteiger partial charge in [0.1, 0.15) is 4.88 Å². The normalized spacial score (nSPS) is 27.9. The number of piperidine rings is 1. The molecule has 0 radical (unpaired) electrons. The van der Waals surface area contributed by atoms with E-state index in [-0.39, 0.29) is 0 Å². The molecule has 1 N–H and O–H groups in total. The van der Waals surface area contributed by atoms with E-state index < -0.39 is 5.97 Å². The molecule has 1 aliphatic carbocycles. The van der Waals surface area contributed by atoms with Gasteiger partial charge in [0.2, 0.25) is 0 Å². The van der Waals surface area contributed by atoms with Crippen molar-refractivity contribution in [2.45, 2.75) is 32.1 Å². The fraction of sp³-hybridized carbons (Fsp3) is 0.643. The number of aromatic carboxylic acids is 1.